The molecule has 0 bridgehead atoms. The van der Waals surface area contributed by atoms with E-state index in [1.165, 1.54) is 16.9 Å². The summed E-state index contributed by atoms with van der Waals surface area (Å²) in [7, 11) is 0. The first-order valence-electron chi connectivity index (χ1n) is 9.60. The molecule has 0 radical (unpaired) electrons. The van der Waals surface area contributed by atoms with E-state index in [1.54, 1.807) is 24.3 Å². The third kappa shape index (κ3) is 4.52. The maximum absolute atomic E-state index is 13.0. The van der Waals surface area contributed by atoms with Crippen molar-refractivity contribution in [2.75, 3.05) is 18.4 Å². The van der Waals surface area contributed by atoms with Gasteiger partial charge in [0.25, 0.3) is 11.8 Å². The molecule has 0 unspecified atom stereocenters. The van der Waals surface area contributed by atoms with Crippen molar-refractivity contribution in [1.29, 1.82) is 0 Å². The molecule has 1 aliphatic heterocycles. The Morgan fingerprint density at radius 1 is 1.00 bits per heavy atom. The molecule has 148 valence electrons. The van der Waals surface area contributed by atoms with Gasteiger partial charge < -0.3 is 10.2 Å². The summed E-state index contributed by atoms with van der Waals surface area (Å²) >= 11 is 7.60. The summed E-state index contributed by atoms with van der Waals surface area (Å²) in [6, 6.07) is 19.1. The van der Waals surface area contributed by atoms with Crippen LogP contribution in [0.3, 0.4) is 0 Å². The highest BCUT2D eigenvalue weighted by Crippen LogP contribution is 2.30. The second-order valence-electron chi connectivity index (χ2n) is 7.10. The Kier molecular flexibility index (Phi) is 5.97. The van der Waals surface area contributed by atoms with E-state index in [1.807, 2.05) is 22.4 Å². The normalized spacial score (nSPS) is 14.6. The fourth-order valence-electron chi connectivity index (χ4n) is 3.67. The van der Waals surface area contributed by atoms with E-state index < -0.39 is 0 Å². The summed E-state index contributed by atoms with van der Waals surface area (Å²) in [4.78, 5) is 27.8. The average molecular weight is 425 g/mol. The number of carbonyl (C=O) groups is 2. The molecule has 1 aromatic heterocycles. The van der Waals surface area contributed by atoms with Crippen LogP contribution in [0.4, 0.5) is 5.69 Å². The lowest BCUT2D eigenvalue weighted by atomic mass is 9.89. The lowest BCUT2D eigenvalue weighted by molar-refractivity contribution is 0.0712. The van der Waals surface area contributed by atoms with Crippen molar-refractivity contribution in [3.63, 3.8) is 0 Å². The molecule has 1 aliphatic rings. The van der Waals surface area contributed by atoms with Crippen molar-refractivity contribution in [2.24, 2.45) is 0 Å². The maximum atomic E-state index is 13.0. The molecule has 0 aliphatic carbocycles. The van der Waals surface area contributed by atoms with Gasteiger partial charge in [0.1, 0.15) is 0 Å². The summed E-state index contributed by atoms with van der Waals surface area (Å²) in [5, 5.41) is 5.06. The number of nitrogens with one attached hydrogen (secondary N) is 1. The zero-order valence-electron chi connectivity index (χ0n) is 15.8. The van der Waals surface area contributed by atoms with E-state index in [9.17, 15) is 9.59 Å². The Bertz CT molecular complexity index is 997. The van der Waals surface area contributed by atoms with E-state index in [4.69, 9.17) is 11.6 Å². The zero-order chi connectivity index (χ0) is 20.2. The van der Waals surface area contributed by atoms with Gasteiger partial charge in [0.2, 0.25) is 0 Å². The highest BCUT2D eigenvalue weighted by atomic mass is 35.5. The van der Waals surface area contributed by atoms with Gasteiger partial charge in [0.15, 0.2) is 0 Å². The number of amides is 2. The third-order valence-electron chi connectivity index (χ3n) is 5.26. The third-order valence-corrected chi connectivity index (χ3v) is 6.46. The van der Waals surface area contributed by atoms with Crippen LogP contribution in [0, 0.1) is 0 Å². The van der Waals surface area contributed by atoms with Crippen LogP contribution in [-0.2, 0) is 0 Å². The molecular formula is C23H21ClN2O2S. The lowest BCUT2D eigenvalue weighted by Crippen LogP contribution is -2.37. The van der Waals surface area contributed by atoms with Gasteiger partial charge in [-0.25, -0.2) is 0 Å². The van der Waals surface area contributed by atoms with Crippen molar-refractivity contribution in [3.8, 4) is 0 Å². The highest BCUT2D eigenvalue weighted by Gasteiger charge is 2.25. The molecule has 1 saturated heterocycles. The first kappa shape index (κ1) is 19.7. The van der Waals surface area contributed by atoms with Crippen LogP contribution in [0.25, 0.3) is 0 Å². The first-order chi connectivity index (χ1) is 14.1. The Morgan fingerprint density at radius 3 is 2.45 bits per heavy atom. The van der Waals surface area contributed by atoms with Crippen molar-refractivity contribution >= 4 is 40.4 Å². The second-order valence-corrected chi connectivity index (χ2v) is 8.46. The quantitative estimate of drug-likeness (QED) is 0.586. The molecule has 0 saturated carbocycles. The predicted octanol–water partition coefficient (Wildman–Crippen LogP) is 5.67. The summed E-state index contributed by atoms with van der Waals surface area (Å²) in [5.74, 6) is 0.237. The number of benzene rings is 2. The lowest BCUT2D eigenvalue weighted by Gasteiger charge is -2.32. The maximum Gasteiger partial charge on any atom is 0.265 e. The van der Waals surface area contributed by atoms with E-state index >= 15 is 0 Å². The molecule has 29 heavy (non-hydrogen) atoms. The smallest absolute Gasteiger partial charge is 0.265 e. The van der Waals surface area contributed by atoms with Gasteiger partial charge in [0.05, 0.1) is 15.6 Å². The molecule has 4 rings (SSSR count). The molecule has 2 amide bonds. The van der Waals surface area contributed by atoms with Crippen molar-refractivity contribution in [3.05, 3.63) is 87.1 Å². The first-order valence-corrected chi connectivity index (χ1v) is 10.9. The number of nitrogens with zero attached hydrogens (tertiary/aromatic N) is 1. The SMILES string of the molecule is O=C(Nc1cc(C(=O)N2CCC(c3ccccc3)CC2)ccc1Cl)c1cccs1. The Balaban J connectivity index is 1.43. The summed E-state index contributed by atoms with van der Waals surface area (Å²) in [5.41, 5.74) is 2.33. The van der Waals surface area contributed by atoms with Gasteiger partial charge in [0, 0.05) is 18.7 Å². The fraction of sp³-hybridized carbons (Fsp3) is 0.217. The van der Waals surface area contributed by atoms with Crippen LogP contribution in [0.5, 0.6) is 0 Å². The number of halogens is 1. The Labute approximate surface area is 179 Å². The molecule has 0 spiro atoms. The van der Waals surface area contributed by atoms with Gasteiger partial charge in [-0.1, -0.05) is 48.0 Å². The number of thiophene rings is 1. The average Bonchev–Trinajstić information content (AvgIpc) is 3.31. The standard InChI is InChI=1S/C23H21ClN2O2S/c24-19-9-8-18(15-20(19)25-22(27)21-7-4-14-29-21)23(28)26-12-10-17(11-13-26)16-5-2-1-3-6-16/h1-9,14-15,17H,10-13H2,(H,25,27). The predicted molar refractivity (Wildman–Crippen MR) is 118 cm³/mol. The monoisotopic (exact) mass is 424 g/mol. The van der Waals surface area contributed by atoms with Crippen molar-refractivity contribution in [2.45, 2.75) is 18.8 Å². The number of rotatable bonds is 4. The minimum absolute atomic E-state index is 0.0280. The topological polar surface area (TPSA) is 49.4 Å². The van der Waals surface area contributed by atoms with Gasteiger partial charge in [-0.3, -0.25) is 9.59 Å². The summed E-state index contributed by atoms with van der Waals surface area (Å²) in [6.45, 7) is 1.44. The minimum atomic E-state index is -0.227. The van der Waals surface area contributed by atoms with Crippen LogP contribution < -0.4 is 5.32 Å². The van der Waals surface area contributed by atoms with Gasteiger partial charge in [-0.15, -0.1) is 11.3 Å². The highest BCUT2D eigenvalue weighted by molar-refractivity contribution is 7.12. The molecule has 6 heteroatoms. The molecule has 2 aromatic carbocycles. The number of likely N-dealkylation sites (tertiary alicyclic amines) is 1. The van der Waals surface area contributed by atoms with Gasteiger partial charge in [-0.05, 0) is 54.0 Å². The van der Waals surface area contributed by atoms with Crippen LogP contribution >= 0.6 is 22.9 Å². The van der Waals surface area contributed by atoms with Crippen LogP contribution in [0.15, 0.2) is 66.0 Å². The number of hydrogen-bond donors (Lipinski definition) is 1. The van der Waals surface area contributed by atoms with E-state index in [-0.39, 0.29) is 11.8 Å². The number of carbonyl (C=O) groups excluding carboxylic acids is 2. The van der Waals surface area contributed by atoms with E-state index in [2.05, 4.69) is 29.6 Å². The summed E-state index contributed by atoms with van der Waals surface area (Å²) in [6.07, 6.45) is 1.90. The van der Waals surface area contributed by atoms with Gasteiger partial charge >= 0.3 is 0 Å². The van der Waals surface area contributed by atoms with Crippen LogP contribution in [0.2, 0.25) is 5.02 Å². The number of piperidine rings is 1. The van der Waals surface area contributed by atoms with Crippen LogP contribution in [-0.4, -0.2) is 29.8 Å². The number of hydrogen-bond acceptors (Lipinski definition) is 3. The molecule has 4 nitrogen and oxygen atoms in total. The Morgan fingerprint density at radius 2 is 1.76 bits per heavy atom. The van der Waals surface area contributed by atoms with E-state index in [0.717, 1.165) is 25.9 Å². The van der Waals surface area contributed by atoms with Crippen molar-refractivity contribution in [1.82, 2.24) is 4.90 Å². The summed E-state index contributed by atoms with van der Waals surface area (Å²) < 4.78 is 0. The molecule has 3 aromatic rings. The fourth-order valence-corrected chi connectivity index (χ4v) is 4.45. The Hall–Kier alpha value is -2.63. The molecule has 0 atom stereocenters. The molecule has 1 N–H and O–H groups in total. The number of anilines is 1. The molecule has 2 heterocycles. The van der Waals surface area contributed by atoms with Crippen LogP contribution in [0.1, 0.15) is 44.4 Å². The van der Waals surface area contributed by atoms with Crippen molar-refractivity contribution < 1.29 is 9.59 Å². The minimum Gasteiger partial charge on any atom is -0.339 e. The van der Waals surface area contributed by atoms with Gasteiger partial charge in [-0.2, -0.15) is 0 Å². The largest absolute Gasteiger partial charge is 0.339 e. The molecular weight excluding hydrogens is 404 g/mol. The van der Waals surface area contributed by atoms with E-state index in [0.29, 0.717) is 27.1 Å². The molecule has 1 fully saturated rings. The zero-order valence-corrected chi connectivity index (χ0v) is 17.4. The second kappa shape index (κ2) is 8.80.